The van der Waals surface area contributed by atoms with Gasteiger partial charge < -0.3 is 18.9 Å². The molecule has 0 N–H and O–H groups in total. The van der Waals surface area contributed by atoms with Gasteiger partial charge in [-0.1, -0.05) is 12.1 Å². The zero-order valence-corrected chi connectivity index (χ0v) is 13.7. The third kappa shape index (κ3) is 3.23. The topological polar surface area (TPSA) is 60.7 Å². The number of ether oxygens (including phenoxy) is 4. The highest BCUT2D eigenvalue weighted by atomic mass is 16.6. The van der Waals surface area contributed by atoms with Crippen LogP contribution in [0.3, 0.4) is 0 Å². The van der Waals surface area contributed by atoms with Crippen LogP contribution < -0.4 is 18.9 Å². The summed E-state index contributed by atoms with van der Waals surface area (Å²) >= 11 is 0. The standard InChI is InChI=1S/C19H19NO4/c1-21-16-5-3-13(10-18(16)22-2)9-15(12-20)14-4-6-17-19(11-14)24-8-7-23-17/h3-6,10-11,15H,7-9H2,1-2H3. The molecule has 1 aliphatic heterocycles. The van der Waals surface area contributed by atoms with Crippen LogP contribution in [0.1, 0.15) is 17.0 Å². The molecule has 124 valence electrons. The second-order valence-electron chi connectivity index (χ2n) is 5.48. The van der Waals surface area contributed by atoms with E-state index in [0.29, 0.717) is 36.9 Å². The summed E-state index contributed by atoms with van der Waals surface area (Å²) in [6.45, 7) is 1.09. The maximum absolute atomic E-state index is 9.59. The maximum Gasteiger partial charge on any atom is 0.161 e. The first-order chi connectivity index (χ1) is 11.7. The number of fused-ring (bicyclic) bond motifs is 1. The highest BCUT2D eigenvalue weighted by Gasteiger charge is 2.18. The Bertz CT molecular complexity index is 766. The molecule has 0 saturated carbocycles. The Morgan fingerprint density at radius 2 is 1.75 bits per heavy atom. The molecule has 3 rings (SSSR count). The van der Waals surface area contributed by atoms with Crippen LogP contribution in [-0.4, -0.2) is 27.4 Å². The molecule has 1 unspecified atom stereocenters. The minimum atomic E-state index is -0.279. The van der Waals surface area contributed by atoms with Crippen LogP contribution in [0, 0.1) is 11.3 Å². The van der Waals surface area contributed by atoms with Gasteiger partial charge in [0.1, 0.15) is 13.2 Å². The van der Waals surface area contributed by atoms with Crippen LogP contribution in [0.15, 0.2) is 36.4 Å². The lowest BCUT2D eigenvalue weighted by atomic mass is 9.92. The molecule has 0 aromatic heterocycles. The normalized spacial score (nSPS) is 13.7. The molecule has 0 amide bonds. The van der Waals surface area contributed by atoms with Gasteiger partial charge in [0, 0.05) is 0 Å². The Morgan fingerprint density at radius 1 is 1.00 bits per heavy atom. The lowest BCUT2D eigenvalue weighted by molar-refractivity contribution is 0.171. The molecule has 0 aliphatic carbocycles. The van der Waals surface area contributed by atoms with Gasteiger partial charge in [-0.15, -0.1) is 0 Å². The summed E-state index contributed by atoms with van der Waals surface area (Å²) in [6, 6.07) is 13.8. The van der Waals surface area contributed by atoms with Crippen LogP contribution in [0.25, 0.3) is 0 Å². The van der Waals surface area contributed by atoms with Gasteiger partial charge >= 0.3 is 0 Å². The molecule has 2 aromatic rings. The highest BCUT2D eigenvalue weighted by molar-refractivity contribution is 5.47. The average Bonchev–Trinajstić information content (AvgIpc) is 2.65. The molecular formula is C19H19NO4. The van der Waals surface area contributed by atoms with Crippen molar-refractivity contribution in [1.29, 1.82) is 5.26 Å². The molecule has 5 heteroatoms. The molecule has 0 spiro atoms. The van der Waals surface area contributed by atoms with Crippen LogP contribution >= 0.6 is 0 Å². The molecule has 5 nitrogen and oxygen atoms in total. The van der Waals surface area contributed by atoms with E-state index in [0.717, 1.165) is 16.9 Å². The fourth-order valence-corrected chi connectivity index (χ4v) is 2.76. The van der Waals surface area contributed by atoms with Crippen molar-refractivity contribution in [3.05, 3.63) is 47.5 Å². The van der Waals surface area contributed by atoms with Gasteiger partial charge in [-0.2, -0.15) is 5.26 Å². The van der Waals surface area contributed by atoms with E-state index in [-0.39, 0.29) is 5.92 Å². The summed E-state index contributed by atoms with van der Waals surface area (Å²) in [4.78, 5) is 0. The minimum absolute atomic E-state index is 0.279. The molecule has 0 saturated heterocycles. The van der Waals surface area contributed by atoms with Gasteiger partial charge in [0.05, 0.1) is 26.2 Å². The predicted molar refractivity (Wildman–Crippen MR) is 89.0 cm³/mol. The van der Waals surface area contributed by atoms with Gasteiger partial charge in [0.25, 0.3) is 0 Å². The van der Waals surface area contributed by atoms with Gasteiger partial charge in [-0.25, -0.2) is 0 Å². The maximum atomic E-state index is 9.59. The van der Waals surface area contributed by atoms with Crippen LogP contribution in [0.5, 0.6) is 23.0 Å². The summed E-state index contributed by atoms with van der Waals surface area (Å²) in [5, 5.41) is 9.59. The Hall–Kier alpha value is -2.87. The number of nitriles is 1. The first kappa shape index (κ1) is 16.0. The number of rotatable bonds is 5. The lowest BCUT2D eigenvalue weighted by Crippen LogP contribution is -2.15. The average molecular weight is 325 g/mol. The van der Waals surface area contributed by atoms with E-state index in [1.807, 2.05) is 36.4 Å². The Balaban J connectivity index is 1.84. The zero-order valence-electron chi connectivity index (χ0n) is 13.7. The molecule has 1 heterocycles. The van der Waals surface area contributed by atoms with Gasteiger partial charge in [0.15, 0.2) is 23.0 Å². The summed E-state index contributed by atoms with van der Waals surface area (Å²) in [5.41, 5.74) is 1.92. The molecule has 0 radical (unpaired) electrons. The van der Waals surface area contributed by atoms with Crippen molar-refractivity contribution < 1.29 is 18.9 Å². The van der Waals surface area contributed by atoms with Crippen molar-refractivity contribution in [2.75, 3.05) is 27.4 Å². The smallest absolute Gasteiger partial charge is 0.161 e. The lowest BCUT2D eigenvalue weighted by Gasteiger charge is -2.20. The fraction of sp³-hybridized carbons (Fsp3) is 0.316. The number of methoxy groups -OCH3 is 2. The second-order valence-corrected chi connectivity index (χ2v) is 5.48. The zero-order chi connectivity index (χ0) is 16.9. The number of benzene rings is 2. The van der Waals surface area contributed by atoms with Gasteiger partial charge in [-0.05, 0) is 41.8 Å². The monoisotopic (exact) mass is 325 g/mol. The van der Waals surface area contributed by atoms with Crippen LogP contribution in [0.2, 0.25) is 0 Å². The van der Waals surface area contributed by atoms with E-state index in [1.54, 1.807) is 14.2 Å². The van der Waals surface area contributed by atoms with E-state index in [4.69, 9.17) is 18.9 Å². The molecule has 24 heavy (non-hydrogen) atoms. The summed E-state index contributed by atoms with van der Waals surface area (Å²) in [5.74, 6) is 2.49. The van der Waals surface area contributed by atoms with E-state index >= 15 is 0 Å². The third-order valence-electron chi connectivity index (χ3n) is 4.01. The Morgan fingerprint density at radius 3 is 2.46 bits per heavy atom. The van der Waals surface area contributed by atoms with E-state index < -0.39 is 0 Å². The molecule has 0 fully saturated rings. The van der Waals surface area contributed by atoms with Gasteiger partial charge in [-0.3, -0.25) is 0 Å². The first-order valence-electron chi connectivity index (χ1n) is 7.75. The van der Waals surface area contributed by atoms with Crippen molar-refractivity contribution in [1.82, 2.24) is 0 Å². The van der Waals surface area contributed by atoms with Crippen LogP contribution in [-0.2, 0) is 6.42 Å². The van der Waals surface area contributed by atoms with E-state index in [9.17, 15) is 5.26 Å². The molecule has 0 bridgehead atoms. The second kappa shape index (κ2) is 7.14. The van der Waals surface area contributed by atoms with Crippen molar-refractivity contribution >= 4 is 0 Å². The van der Waals surface area contributed by atoms with Crippen molar-refractivity contribution in [2.24, 2.45) is 0 Å². The first-order valence-corrected chi connectivity index (χ1v) is 7.75. The largest absolute Gasteiger partial charge is 0.493 e. The van der Waals surface area contributed by atoms with Crippen molar-refractivity contribution in [3.8, 4) is 29.1 Å². The van der Waals surface area contributed by atoms with Crippen LogP contribution in [0.4, 0.5) is 0 Å². The number of hydrogen-bond acceptors (Lipinski definition) is 5. The molecule has 1 aliphatic rings. The molecule has 2 aromatic carbocycles. The summed E-state index contributed by atoms with van der Waals surface area (Å²) in [7, 11) is 3.20. The SMILES string of the molecule is COc1ccc(CC(C#N)c2ccc3c(c2)OCCO3)cc1OC. The minimum Gasteiger partial charge on any atom is -0.493 e. The Labute approximate surface area is 141 Å². The number of hydrogen-bond donors (Lipinski definition) is 0. The Kier molecular flexibility index (Phi) is 4.76. The fourth-order valence-electron chi connectivity index (χ4n) is 2.76. The van der Waals surface area contributed by atoms with Crippen molar-refractivity contribution in [3.63, 3.8) is 0 Å². The third-order valence-corrected chi connectivity index (χ3v) is 4.01. The van der Waals surface area contributed by atoms with Gasteiger partial charge in [0.2, 0.25) is 0 Å². The molecule has 1 atom stereocenters. The molecular weight excluding hydrogens is 306 g/mol. The van der Waals surface area contributed by atoms with E-state index in [1.165, 1.54) is 0 Å². The predicted octanol–water partition coefficient (Wildman–Crippen LogP) is 3.32. The number of nitrogens with zero attached hydrogens (tertiary/aromatic N) is 1. The van der Waals surface area contributed by atoms with E-state index in [2.05, 4.69) is 6.07 Å². The quantitative estimate of drug-likeness (QED) is 0.844. The van der Waals surface area contributed by atoms with Crippen molar-refractivity contribution in [2.45, 2.75) is 12.3 Å². The highest BCUT2D eigenvalue weighted by Crippen LogP contribution is 2.35. The summed E-state index contributed by atoms with van der Waals surface area (Å²) in [6.07, 6.45) is 0.580. The summed E-state index contributed by atoms with van der Waals surface area (Å²) < 4.78 is 21.7.